The Morgan fingerprint density at radius 2 is 2.27 bits per heavy atom. The lowest BCUT2D eigenvalue weighted by Crippen LogP contribution is -2.93. The maximum atomic E-state index is 11.0. The van der Waals surface area contributed by atoms with Gasteiger partial charge in [0.25, 0.3) is 0 Å². The summed E-state index contributed by atoms with van der Waals surface area (Å²) in [4.78, 5) is 0. The number of quaternary nitrogens is 2. The first-order valence-electron chi connectivity index (χ1n) is 3.97. The van der Waals surface area contributed by atoms with Crippen molar-refractivity contribution in [2.24, 2.45) is 0 Å². The SMILES string of the molecule is [NH3+]CC[NH2+][C@@H]1CCS(=O)(=O)C1. The second-order valence-electron chi connectivity index (χ2n) is 3.04. The molecule has 0 aromatic heterocycles. The van der Waals surface area contributed by atoms with Crippen LogP contribution in [-0.2, 0) is 9.84 Å². The molecule has 0 aliphatic carbocycles. The van der Waals surface area contributed by atoms with E-state index in [4.69, 9.17) is 0 Å². The summed E-state index contributed by atoms with van der Waals surface area (Å²) < 4.78 is 21.9. The second kappa shape index (κ2) is 3.51. The normalized spacial score (nSPS) is 29.0. The Kier molecular flexibility index (Phi) is 2.86. The van der Waals surface area contributed by atoms with Gasteiger partial charge in [0.05, 0.1) is 5.75 Å². The van der Waals surface area contributed by atoms with Crippen molar-refractivity contribution in [3.05, 3.63) is 0 Å². The van der Waals surface area contributed by atoms with Gasteiger partial charge in [0, 0.05) is 6.42 Å². The van der Waals surface area contributed by atoms with Crippen molar-refractivity contribution in [2.75, 3.05) is 24.6 Å². The molecule has 0 amide bonds. The summed E-state index contributed by atoms with van der Waals surface area (Å²) in [6.45, 7) is 1.82. The molecular formula is C6H16N2O2S+2. The first-order chi connectivity index (χ1) is 5.14. The maximum absolute atomic E-state index is 11.0. The number of rotatable bonds is 3. The van der Waals surface area contributed by atoms with E-state index in [1.165, 1.54) is 0 Å². The maximum Gasteiger partial charge on any atom is 0.156 e. The lowest BCUT2D eigenvalue weighted by atomic mass is 10.3. The van der Waals surface area contributed by atoms with Crippen LogP contribution in [0.25, 0.3) is 0 Å². The predicted octanol–water partition coefficient (Wildman–Crippen LogP) is -3.02. The molecule has 5 N–H and O–H groups in total. The van der Waals surface area contributed by atoms with Gasteiger partial charge in [-0.25, -0.2) is 8.42 Å². The van der Waals surface area contributed by atoms with Crippen molar-refractivity contribution in [3.8, 4) is 0 Å². The number of hydrogen-bond acceptors (Lipinski definition) is 2. The van der Waals surface area contributed by atoms with Crippen molar-refractivity contribution < 1.29 is 19.5 Å². The summed E-state index contributed by atoms with van der Waals surface area (Å²) >= 11 is 0. The van der Waals surface area contributed by atoms with Gasteiger partial charge in [0.15, 0.2) is 9.84 Å². The monoisotopic (exact) mass is 180 g/mol. The lowest BCUT2D eigenvalue weighted by molar-refractivity contribution is -0.697. The highest BCUT2D eigenvalue weighted by Crippen LogP contribution is 2.07. The Morgan fingerprint density at radius 3 is 2.73 bits per heavy atom. The summed E-state index contributed by atoms with van der Waals surface area (Å²) in [5.41, 5.74) is 3.70. The molecule has 1 heterocycles. The highest BCUT2D eigenvalue weighted by Gasteiger charge is 2.29. The third kappa shape index (κ3) is 2.76. The Hall–Kier alpha value is -0.130. The molecule has 11 heavy (non-hydrogen) atoms. The summed E-state index contributed by atoms with van der Waals surface area (Å²) in [5, 5.41) is 2.09. The van der Waals surface area contributed by atoms with Crippen molar-refractivity contribution in [2.45, 2.75) is 12.5 Å². The van der Waals surface area contributed by atoms with E-state index in [9.17, 15) is 8.42 Å². The third-order valence-corrected chi connectivity index (χ3v) is 3.77. The number of hydrogen-bond donors (Lipinski definition) is 2. The van der Waals surface area contributed by atoms with Gasteiger partial charge in [0.1, 0.15) is 24.9 Å². The van der Waals surface area contributed by atoms with Crippen LogP contribution in [0.4, 0.5) is 0 Å². The van der Waals surface area contributed by atoms with E-state index in [0.717, 1.165) is 19.5 Å². The molecule has 0 unspecified atom stereocenters. The molecule has 0 spiro atoms. The van der Waals surface area contributed by atoms with Crippen LogP contribution in [0.3, 0.4) is 0 Å². The van der Waals surface area contributed by atoms with Gasteiger partial charge in [-0.3, -0.25) is 0 Å². The Morgan fingerprint density at radius 1 is 1.55 bits per heavy atom. The molecule has 1 atom stereocenters. The molecular weight excluding hydrogens is 164 g/mol. The molecule has 4 nitrogen and oxygen atoms in total. The highest BCUT2D eigenvalue weighted by molar-refractivity contribution is 7.91. The molecule has 1 fully saturated rings. The van der Waals surface area contributed by atoms with Crippen molar-refractivity contribution in [1.82, 2.24) is 0 Å². The van der Waals surface area contributed by atoms with Crippen LogP contribution in [0, 0.1) is 0 Å². The molecule has 0 aromatic rings. The number of sulfone groups is 1. The third-order valence-electron chi connectivity index (χ3n) is 1.97. The minimum atomic E-state index is -2.68. The van der Waals surface area contributed by atoms with Crippen LogP contribution < -0.4 is 11.1 Å². The van der Waals surface area contributed by atoms with Crippen LogP contribution >= 0.6 is 0 Å². The van der Waals surface area contributed by atoms with Crippen molar-refractivity contribution in [3.63, 3.8) is 0 Å². The fraction of sp³-hybridized carbons (Fsp3) is 1.00. The fourth-order valence-corrected chi connectivity index (χ4v) is 3.15. The quantitative estimate of drug-likeness (QED) is 0.485. The summed E-state index contributed by atoms with van der Waals surface area (Å²) in [6.07, 6.45) is 0.822. The highest BCUT2D eigenvalue weighted by atomic mass is 32.2. The molecule has 1 aliphatic heterocycles. The van der Waals surface area contributed by atoms with E-state index >= 15 is 0 Å². The summed E-state index contributed by atoms with van der Waals surface area (Å²) in [7, 11) is -2.68. The van der Waals surface area contributed by atoms with Gasteiger partial charge in [-0.15, -0.1) is 0 Å². The molecule has 1 rings (SSSR count). The van der Waals surface area contributed by atoms with Gasteiger partial charge in [-0.1, -0.05) is 0 Å². The number of nitrogens with two attached hydrogens (primary N) is 1. The zero-order chi connectivity index (χ0) is 8.32. The Labute approximate surface area is 67.1 Å². The van der Waals surface area contributed by atoms with E-state index in [-0.39, 0.29) is 0 Å². The van der Waals surface area contributed by atoms with E-state index in [2.05, 4.69) is 11.1 Å². The molecule has 0 bridgehead atoms. The minimum Gasteiger partial charge on any atom is -0.353 e. The van der Waals surface area contributed by atoms with Crippen LogP contribution in [0.2, 0.25) is 0 Å². The predicted molar refractivity (Wildman–Crippen MR) is 41.6 cm³/mol. The second-order valence-corrected chi connectivity index (χ2v) is 5.27. The van der Waals surface area contributed by atoms with E-state index in [1.807, 2.05) is 0 Å². The van der Waals surface area contributed by atoms with Crippen LogP contribution in [0.15, 0.2) is 0 Å². The van der Waals surface area contributed by atoms with Gasteiger partial charge < -0.3 is 11.1 Å². The zero-order valence-electron chi connectivity index (χ0n) is 6.62. The molecule has 0 saturated carbocycles. The summed E-state index contributed by atoms with van der Waals surface area (Å²) in [5.74, 6) is 0.748. The lowest BCUT2D eigenvalue weighted by Gasteiger charge is -2.03. The molecule has 0 aromatic carbocycles. The van der Waals surface area contributed by atoms with E-state index in [0.29, 0.717) is 17.5 Å². The molecule has 66 valence electrons. The summed E-state index contributed by atoms with van der Waals surface area (Å²) in [6, 6.07) is 0.307. The standard InChI is InChI=1S/C6H14N2O2S/c7-2-3-8-6-1-4-11(9,10)5-6/h6,8H,1-5,7H2/p+2/t6-/m1/s1. The van der Waals surface area contributed by atoms with Gasteiger partial charge in [-0.05, 0) is 0 Å². The zero-order valence-corrected chi connectivity index (χ0v) is 7.44. The van der Waals surface area contributed by atoms with Gasteiger partial charge >= 0.3 is 0 Å². The van der Waals surface area contributed by atoms with Crippen LogP contribution in [0.1, 0.15) is 6.42 Å². The Balaban J connectivity index is 2.31. The van der Waals surface area contributed by atoms with Crippen molar-refractivity contribution in [1.29, 1.82) is 0 Å². The molecule has 1 saturated heterocycles. The molecule has 0 radical (unpaired) electrons. The van der Waals surface area contributed by atoms with Gasteiger partial charge in [-0.2, -0.15) is 0 Å². The van der Waals surface area contributed by atoms with Crippen LogP contribution in [0.5, 0.6) is 0 Å². The van der Waals surface area contributed by atoms with E-state index < -0.39 is 9.84 Å². The molecule has 5 heteroatoms. The first-order valence-corrected chi connectivity index (χ1v) is 5.79. The largest absolute Gasteiger partial charge is 0.353 e. The fourth-order valence-electron chi connectivity index (χ4n) is 1.36. The van der Waals surface area contributed by atoms with E-state index in [1.54, 1.807) is 0 Å². The average molecular weight is 180 g/mol. The minimum absolute atomic E-state index is 0.307. The van der Waals surface area contributed by atoms with Gasteiger partial charge in [0.2, 0.25) is 0 Å². The topological polar surface area (TPSA) is 78.4 Å². The van der Waals surface area contributed by atoms with Crippen molar-refractivity contribution >= 4 is 9.84 Å². The molecule has 1 aliphatic rings. The smallest absolute Gasteiger partial charge is 0.156 e. The first kappa shape index (κ1) is 8.96. The Bertz CT molecular complexity index is 213. The average Bonchev–Trinajstić information content (AvgIpc) is 2.26. The van der Waals surface area contributed by atoms with Crippen LogP contribution in [-0.4, -0.2) is 39.1 Å².